The molecule has 4 rings (SSSR count). The SMILES string of the molecule is CCCc1cccc(-c2cc(Cc3c(Cl)cc(OCC(=O)N4CCC4)cc3Cl)ccc2O)c1. The molecule has 0 unspecified atom stereocenters. The number of ether oxygens (including phenoxy) is 1. The monoisotopic (exact) mass is 483 g/mol. The maximum absolute atomic E-state index is 12.0. The number of aryl methyl sites for hydroxylation is 1. The zero-order valence-electron chi connectivity index (χ0n) is 18.6. The Hall–Kier alpha value is -2.69. The van der Waals surface area contributed by atoms with Crippen molar-refractivity contribution in [3.05, 3.63) is 81.3 Å². The van der Waals surface area contributed by atoms with Gasteiger partial charge in [0.1, 0.15) is 11.5 Å². The zero-order valence-corrected chi connectivity index (χ0v) is 20.1. The van der Waals surface area contributed by atoms with Gasteiger partial charge in [-0.25, -0.2) is 0 Å². The first-order valence-corrected chi connectivity index (χ1v) is 12.0. The standard InChI is InChI=1S/C27H27Cl2NO3/c1-2-5-18-6-3-7-20(12-18)22-13-19(8-9-26(22)31)14-23-24(28)15-21(16-25(23)29)33-17-27(32)30-10-4-11-30/h3,6-9,12-13,15-16,31H,2,4-5,10-11,14,17H2,1H3. The van der Waals surface area contributed by atoms with Gasteiger partial charge in [0, 0.05) is 35.1 Å². The van der Waals surface area contributed by atoms with Crippen molar-refractivity contribution in [3.63, 3.8) is 0 Å². The second kappa shape index (κ2) is 10.5. The fourth-order valence-corrected chi connectivity index (χ4v) is 4.55. The molecule has 1 saturated heterocycles. The van der Waals surface area contributed by atoms with Gasteiger partial charge >= 0.3 is 0 Å². The van der Waals surface area contributed by atoms with Crippen LogP contribution in [0.3, 0.4) is 0 Å². The molecule has 3 aromatic carbocycles. The Labute approximate surface area is 204 Å². The molecular weight excluding hydrogens is 457 g/mol. The number of carbonyl (C=O) groups excluding carboxylic acids is 1. The highest BCUT2D eigenvalue weighted by atomic mass is 35.5. The van der Waals surface area contributed by atoms with E-state index in [9.17, 15) is 9.90 Å². The number of nitrogens with zero attached hydrogens (tertiary/aromatic N) is 1. The predicted molar refractivity (Wildman–Crippen MR) is 133 cm³/mol. The molecule has 172 valence electrons. The van der Waals surface area contributed by atoms with Crippen LogP contribution in [0.15, 0.2) is 54.6 Å². The molecule has 1 amide bonds. The molecule has 33 heavy (non-hydrogen) atoms. The number of phenols is 1. The molecular formula is C27H27Cl2NO3. The van der Waals surface area contributed by atoms with E-state index >= 15 is 0 Å². The maximum Gasteiger partial charge on any atom is 0.260 e. The van der Waals surface area contributed by atoms with Gasteiger partial charge in [0.2, 0.25) is 0 Å². The largest absolute Gasteiger partial charge is 0.507 e. The van der Waals surface area contributed by atoms with Gasteiger partial charge < -0.3 is 14.7 Å². The van der Waals surface area contributed by atoms with E-state index in [1.165, 1.54) is 5.56 Å². The summed E-state index contributed by atoms with van der Waals surface area (Å²) in [5.74, 6) is 0.680. The summed E-state index contributed by atoms with van der Waals surface area (Å²) in [6, 6.07) is 17.2. The molecule has 0 aromatic heterocycles. The summed E-state index contributed by atoms with van der Waals surface area (Å²) in [6.07, 6.45) is 3.62. The van der Waals surface area contributed by atoms with Crippen molar-refractivity contribution in [1.29, 1.82) is 0 Å². The minimum absolute atomic E-state index is 0.0234. The fourth-order valence-electron chi connectivity index (χ4n) is 3.95. The molecule has 1 aliphatic rings. The van der Waals surface area contributed by atoms with Gasteiger partial charge in [0.25, 0.3) is 5.91 Å². The summed E-state index contributed by atoms with van der Waals surface area (Å²) in [6.45, 7) is 3.71. The summed E-state index contributed by atoms with van der Waals surface area (Å²) < 4.78 is 5.62. The Kier molecular flexibility index (Phi) is 7.46. The number of benzene rings is 3. The summed E-state index contributed by atoms with van der Waals surface area (Å²) in [5, 5.41) is 11.4. The van der Waals surface area contributed by atoms with Gasteiger partial charge in [0.15, 0.2) is 6.61 Å². The van der Waals surface area contributed by atoms with Gasteiger partial charge in [-0.1, -0.05) is 66.9 Å². The van der Waals surface area contributed by atoms with E-state index in [4.69, 9.17) is 27.9 Å². The second-order valence-corrected chi connectivity index (χ2v) is 9.18. The molecule has 3 aromatic rings. The molecule has 1 fully saturated rings. The number of aromatic hydroxyl groups is 1. The smallest absolute Gasteiger partial charge is 0.260 e. The first kappa shape index (κ1) is 23.5. The molecule has 1 N–H and O–H groups in total. The topological polar surface area (TPSA) is 49.8 Å². The summed E-state index contributed by atoms with van der Waals surface area (Å²) >= 11 is 13.1. The Morgan fingerprint density at radius 3 is 2.45 bits per heavy atom. The van der Waals surface area contributed by atoms with Gasteiger partial charge in [-0.3, -0.25) is 4.79 Å². The Bertz CT molecular complexity index is 1130. The second-order valence-electron chi connectivity index (χ2n) is 8.37. The van der Waals surface area contributed by atoms with Crippen LogP contribution in [0.1, 0.15) is 36.5 Å². The number of carbonyl (C=O) groups is 1. The van der Waals surface area contributed by atoms with Crippen LogP contribution >= 0.6 is 23.2 Å². The predicted octanol–water partition coefficient (Wildman–Crippen LogP) is 6.52. The van der Waals surface area contributed by atoms with Crippen LogP contribution in [0.2, 0.25) is 10.0 Å². The number of phenolic OH excluding ortho intramolecular Hbond substituents is 1. The van der Waals surface area contributed by atoms with Crippen molar-refractivity contribution >= 4 is 29.1 Å². The first-order valence-electron chi connectivity index (χ1n) is 11.2. The molecule has 0 aliphatic carbocycles. The quantitative estimate of drug-likeness (QED) is 0.396. The molecule has 1 aliphatic heterocycles. The van der Waals surface area contributed by atoms with Crippen LogP contribution in [-0.4, -0.2) is 35.6 Å². The van der Waals surface area contributed by atoms with Crippen molar-refractivity contribution < 1.29 is 14.6 Å². The van der Waals surface area contributed by atoms with Crippen molar-refractivity contribution in [2.24, 2.45) is 0 Å². The highest BCUT2D eigenvalue weighted by molar-refractivity contribution is 6.36. The number of amides is 1. The van der Waals surface area contributed by atoms with Gasteiger partial charge in [0.05, 0.1) is 0 Å². The van der Waals surface area contributed by atoms with E-state index in [2.05, 4.69) is 19.1 Å². The van der Waals surface area contributed by atoms with Crippen molar-refractivity contribution in [2.75, 3.05) is 19.7 Å². The summed E-state index contributed by atoms with van der Waals surface area (Å²) in [5.41, 5.74) is 4.76. The number of hydrogen-bond acceptors (Lipinski definition) is 3. The number of likely N-dealkylation sites (tertiary alicyclic amines) is 1. The van der Waals surface area contributed by atoms with Gasteiger partial charge in [-0.15, -0.1) is 0 Å². The average Bonchev–Trinajstić information content (AvgIpc) is 2.75. The van der Waals surface area contributed by atoms with Crippen LogP contribution in [0, 0.1) is 0 Å². The number of hydrogen-bond donors (Lipinski definition) is 1. The minimum Gasteiger partial charge on any atom is -0.507 e. The van der Waals surface area contributed by atoms with Crippen LogP contribution in [0.5, 0.6) is 11.5 Å². The normalized spacial score (nSPS) is 13.0. The average molecular weight is 484 g/mol. The number of halogens is 2. The van der Waals surface area contributed by atoms with Crippen molar-refractivity contribution in [1.82, 2.24) is 4.90 Å². The third-order valence-corrected chi connectivity index (χ3v) is 6.58. The summed E-state index contributed by atoms with van der Waals surface area (Å²) in [4.78, 5) is 13.8. The molecule has 4 nitrogen and oxygen atoms in total. The first-order chi connectivity index (χ1) is 15.9. The van der Waals surface area contributed by atoms with Crippen molar-refractivity contribution in [2.45, 2.75) is 32.6 Å². The lowest BCUT2D eigenvalue weighted by Gasteiger charge is -2.30. The Balaban J connectivity index is 1.52. The third kappa shape index (κ3) is 5.63. The maximum atomic E-state index is 12.0. The van der Waals surface area contributed by atoms with E-state index in [1.54, 1.807) is 23.1 Å². The number of rotatable bonds is 8. The van der Waals surface area contributed by atoms with Gasteiger partial charge in [-0.2, -0.15) is 0 Å². The lowest BCUT2D eigenvalue weighted by atomic mass is 9.96. The Morgan fingerprint density at radius 2 is 1.79 bits per heavy atom. The van der Waals surface area contributed by atoms with E-state index < -0.39 is 0 Å². The van der Waals surface area contributed by atoms with Crippen LogP contribution in [-0.2, 0) is 17.6 Å². The Morgan fingerprint density at radius 1 is 1.03 bits per heavy atom. The van der Waals surface area contributed by atoms with Crippen LogP contribution in [0.25, 0.3) is 11.1 Å². The lowest BCUT2D eigenvalue weighted by Crippen LogP contribution is -2.44. The molecule has 0 radical (unpaired) electrons. The highest BCUT2D eigenvalue weighted by Crippen LogP contribution is 2.35. The van der Waals surface area contributed by atoms with E-state index in [-0.39, 0.29) is 18.3 Å². The summed E-state index contributed by atoms with van der Waals surface area (Å²) in [7, 11) is 0. The van der Waals surface area contributed by atoms with E-state index in [0.29, 0.717) is 22.2 Å². The van der Waals surface area contributed by atoms with E-state index in [1.807, 2.05) is 24.3 Å². The molecule has 0 bridgehead atoms. The lowest BCUT2D eigenvalue weighted by molar-refractivity contribution is -0.136. The minimum atomic E-state index is -0.0304. The molecule has 0 spiro atoms. The van der Waals surface area contributed by atoms with Crippen molar-refractivity contribution in [3.8, 4) is 22.6 Å². The fraction of sp³-hybridized carbons (Fsp3) is 0.296. The van der Waals surface area contributed by atoms with Crippen LogP contribution < -0.4 is 4.74 Å². The van der Waals surface area contributed by atoms with Crippen LogP contribution in [0.4, 0.5) is 0 Å². The molecule has 0 atom stereocenters. The molecule has 1 heterocycles. The third-order valence-electron chi connectivity index (χ3n) is 5.90. The zero-order chi connectivity index (χ0) is 23.4. The molecule has 0 saturated carbocycles. The molecule has 6 heteroatoms. The van der Waals surface area contributed by atoms with E-state index in [0.717, 1.165) is 54.6 Å². The van der Waals surface area contributed by atoms with Gasteiger partial charge in [-0.05, 0) is 59.4 Å². The highest BCUT2D eigenvalue weighted by Gasteiger charge is 2.20.